The summed E-state index contributed by atoms with van der Waals surface area (Å²) in [6.45, 7) is 0. The van der Waals surface area contributed by atoms with Crippen molar-refractivity contribution >= 4 is 11.7 Å². The molecule has 0 saturated heterocycles. The van der Waals surface area contributed by atoms with Crippen LogP contribution in [0.25, 0.3) is 0 Å². The number of fused-ring (bicyclic) bond motifs is 5. The Labute approximate surface area is 113 Å². The zero-order chi connectivity index (χ0) is 13.0. The Kier molecular flexibility index (Phi) is 2.34. The number of hydrogen-bond acceptors (Lipinski definition) is 3. The molecular formula is C15H19N3O. The summed E-state index contributed by atoms with van der Waals surface area (Å²) >= 11 is 0. The van der Waals surface area contributed by atoms with Crippen molar-refractivity contribution in [3.8, 4) is 0 Å². The fourth-order valence-corrected chi connectivity index (χ4v) is 4.54. The molecule has 2 bridgehead atoms. The molecule has 3 saturated carbocycles. The number of pyridine rings is 1. The zero-order valence-corrected chi connectivity index (χ0v) is 11.1. The molecule has 19 heavy (non-hydrogen) atoms. The summed E-state index contributed by atoms with van der Waals surface area (Å²) in [7, 11) is 1.80. The molecule has 4 heteroatoms. The van der Waals surface area contributed by atoms with E-state index in [1.807, 2.05) is 12.1 Å². The van der Waals surface area contributed by atoms with E-state index in [4.69, 9.17) is 0 Å². The van der Waals surface area contributed by atoms with E-state index in [9.17, 15) is 4.79 Å². The van der Waals surface area contributed by atoms with Crippen LogP contribution in [0.1, 0.15) is 29.6 Å². The number of carbonyl (C=O) groups excluding carboxylic acids is 1. The molecule has 0 radical (unpaired) electrons. The van der Waals surface area contributed by atoms with Crippen molar-refractivity contribution in [2.75, 3.05) is 12.4 Å². The fraction of sp³-hybridized carbons (Fsp3) is 0.600. The maximum atomic E-state index is 12.3. The first-order valence-electron chi connectivity index (χ1n) is 7.23. The van der Waals surface area contributed by atoms with Gasteiger partial charge in [0.25, 0.3) is 5.91 Å². The van der Waals surface area contributed by atoms with Crippen molar-refractivity contribution in [1.82, 2.24) is 10.3 Å². The third-order valence-corrected chi connectivity index (χ3v) is 5.32. The molecule has 1 aromatic rings. The lowest BCUT2D eigenvalue weighted by molar-refractivity contribution is 0.0945. The second-order valence-corrected chi connectivity index (χ2v) is 6.14. The summed E-state index contributed by atoms with van der Waals surface area (Å²) in [5.74, 6) is 4.01. The third-order valence-electron chi connectivity index (χ3n) is 5.32. The minimum Gasteiger partial charge on any atom is -0.372 e. The Balaban J connectivity index is 1.48. The van der Waals surface area contributed by atoms with Crippen LogP contribution in [0.15, 0.2) is 18.3 Å². The number of nitrogens with zero attached hydrogens (tertiary/aromatic N) is 1. The van der Waals surface area contributed by atoms with E-state index in [2.05, 4.69) is 15.6 Å². The summed E-state index contributed by atoms with van der Waals surface area (Å²) in [5.41, 5.74) is 0.655. The highest BCUT2D eigenvalue weighted by Crippen LogP contribution is 2.65. The molecule has 1 aromatic heterocycles. The van der Waals surface area contributed by atoms with Crippen LogP contribution in [0.5, 0.6) is 0 Å². The molecule has 0 aromatic carbocycles. The molecule has 3 aliphatic rings. The number of hydrogen-bond donors (Lipinski definition) is 2. The predicted molar refractivity (Wildman–Crippen MR) is 72.8 cm³/mol. The average Bonchev–Trinajstić information content (AvgIpc) is 2.85. The molecule has 0 aliphatic heterocycles. The molecule has 4 atom stereocenters. The smallest absolute Gasteiger partial charge is 0.255 e. The predicted octanol–water partition coefficient (Wildman–Crippen LogP) is 1.90. The molecule has 2 N–H and O–H groups in total. The van der Waals surface area contributed by atoms with Gasteiger partial charge in [0.1, 0.15) is 5.82 Å². The minimum absolute atomic E-state index is 0.0243. The number of anilines is 1. The van der Waals surface area contributed by atoms with Crippen molar-refractivity contribution in [1.29, 1.82) is 0 Å². The largest absolute Gasteiger partial charge is 0.372 e. The van der Waals surface area contributed by atoms with E-state index in [0.29, 0.717) is 17.4 Å². The highest BCUT2D eigenvalue weighted by atomic mass is 16.1. The number of amides is 1. The van der Waals surface area contributed by atoms with Gasteiger partial charge in [-0.25, -0.2) is 4.98 Å². The van der Waals surface area contributed by atoms with Crippen LogP contribution in [0, 0.1) is 23.7 Å². The van der Waals surface area contributed by atoms with E-state index in [0.717, 1.165) is 23.7 Å². The van der Waals surface area contributed by atoms with Crippen molar-refractivity contribution in [2.45, 2.75) is 25.3 Å². The SMILES string of the molecule is CNc1ncccc1C(=O)NC1C2C3CCC(C3)C12. The maximum Gasteiger partial charge on any atom is 0.255 e. The van der Waals surface area contributed by atoms with Gasteiger partial charge < -0.3 is 10.6 Å². The molecule has 0 spiro atoms. The molecule has 3 fully saturated rings. The fourth-order valence-electron chi connectivity index (χ4n) is 4.54. The van der Waals surface area contributed by atoms with Crippen LogP contribution in [0.3, 0.4) is 0 Å². The van der Waals surface area contributed by atoms with Gasteiger partial charge >= 0.3 is 0 Å². The van der Waals surface area contributed by atoms with Gasteiger partial charge in [-0.3, -0.25) is 4.79 Å². The zero-order valence-electron chi connectivity index (χ0n) is 11.1. The lowest BCUT2D eigenvalue weighted by Crippen LogP contribution is -2.30. The highest BCUT2D eigenvalue weighted by Gasteiger charge is 2.65. The summed E-state index contributed by atoms with van der Waals surface area (Å²) in [6.07, 6.45) is 5.88. The van der Waals surface area contributed by atoms with Crippen LogP contribution in [0.2, 0.25) is 0 Å². The van der Waals surface area contributed by atoms with Crippen molar-refractivity contribution in [3.05, 3.63) is 23.9 Å². The Morgan fingerprint density at radius 3 is 2.74 bits per heavy atom. The Bertz CT molecular complexity index is 514. The number of aromatic nitrogens is 1. The number of carbonyl (C=O) groups is 1. The van der Waals surface area contributed by atoms with Gasteiger partial charge in [-0.1, -0.05) is 0 Å². The second-order valence-electron chi connectivity index (χ2n) is 6.14. The first-order valence-corrected chi connectivity index (χ1v) is 7.23. The molecule has 1 heterocycles. The number of rotatable bonds is 3. The van der Waals surface area contributed by atoms with Gasteiger partial charge in [0.2, 0.25) is 0 Å². The lowest BCUT2D eigenvalue weighted by atomic mass is 10.0. The van der Waals surface area contributed by atoms with E-state index in [1.54, 1.807) is 13.2 Å². The molecule has 4 unspecified atom stereocenters. The minimum atomic E-state index is 0.0243. The van der Waals surface area contributed by atoms with E-state index >= 15 is 0 Å². The second kappa shape index (κ2) is 3.95. The monoisotopic (exact) mass is 257 g/mol. The molecule has 1 amide bonds. The van der Waals surface area contributed by atoms with Gasteiger partial charge in [0.05, 0.1) is 5.56 Å². The molecule has 4 rings (SSSR count). The van der Waals surface area contributed by atoms with Crippen LogP contribution < -0.4 is 10.6 Å². The molecule has 4 nitrogen and oxygen atoms in total. The summed E-state index contributed by atoms with van der Waals surface area (Å²) in [5, 5.41) is 6.21. The van der Waals surface area contributed by atoms with Gasteiger partial charge in [-0.15, -0.1) is 0 Å². The van der Waals surface area contributed by atoms with Crippen LogP contribution in [-0.2, 0) is 0 Å². The standard InChI is InChI=1S/C15H19N3O/c1-16-14-10(3-2-6-17-14)15(19)18-13-11-8-4-5-9(7-8)12(11)13/h2-3,6,8-9,11-13H,4-5,7H2,1H3,(H,16,17)(H,18,19). The maximum absolute atomic E-state index is 12.3. The topological polar surface area (TPSA) is 54.0 Å². The summed E-state index contributed by atoms with van der Waals surface area (Å²) < 4.78 is 0. The highest BCUT2D eigenvalue weighted by molar-refractivity contribution is 5.99. The Morgan fingerprint density at radius 2 is 2.05 bits per heavy atom. The van der Waals surface area contributed by atoms with Crippen molar-refractivity contribution < 1.29 is 4.79 Å². The van der Waals surface area contributed by atoms with Gasteiger partial charge in [-0.2, -0.15) is 0 Å². The first-order chi connectivity index (χ1) is 9.29. The Hall–Kier alpha value is -1.58. The summed E-state index contributed by atoms with van der Waals surface area (Å²) in [6, 6.07) is 4.08. The van der Waals surface area contributed by atoms with E-state index in [-0.39, 0.29) is 5.91 Å². The van der Waals surface area contributed by atoms with Crippen molar-refractivity contribution in [2.24, 2.45) is 23.7 Å². The Morgan fingerprint density at radius 1 is 1.32 bits per heavy atom. The molecule has 3 aliphatic carbocycles. The average molecular weight is 257 g/mol. The lowest BCUT2D eigenvalue weighted by Gasteiger charge is -2.12. The van der Waals surface area contributed by atoms with Crippen LogP contribution in [0.4, 0.5) is 5.82 Å². The summed E-state index contributed by atoms with van der Waals surface area (Å²) in [4.78, 5) is 16.5. The number of nitrogens with one attached hydrogen (secondary N) is 2. The van der Waals surface area contributed by atoms with Crippen molar-refractivity contribution in [3.63, 3.8) is 0 Å². The molecular weight excluding hydrogens is 238 g/mol. The van der Waals surface area contributed by atoms with Crippen LogP contribution in [-0.4, -0.2) is 24.0 Å². The first kappa shape index (κ1) is 11.3. The normalized spacial score (nSPS) is 37.8. The third kappa shape index (κ3) is 1.58. The van der Waals surface area contributed by atoms with E-state index in [1.165, 1.54) is 19.3 Å². The molecule has 100 valence electrons. The van der Waals surface area contributed by atoms with E-state index < -0.39 is 0 Å². The van der Waals surface area contributed by atoms with Gasteiger partial charge in [0, 0.05) is 19.3 Å². The quantitative estimate of drug-likeness (QED) is 0.869. The van der Waals surface area contributed by atoms with Crippen LogP contribution >= 0.6 is 0 Å². The van der Waals surface area contributed by atoms with Gasteiger partial charge in [-0.05, 0) is 55.1 Å². The van der Waals surface area contributed by atoms with Gasteiger partial charge in [0.15, 0.2) is 0 Å².